The van der Waals surface area contributed by atoms with Crippen LogP contribution in [0.15, 0.2) is 0 Å². The van der Waals surface area contributed by atoms with E-state index in [9.17, 15) is 19.2 Å². The van der Waals surface area contributed by atoms with Crippen LogP contribution in [0.3, 0.4) is 0 Å². The topological polar surface area (TPSA) is 177 Å². The van der Waals surface area contributed by atoms with E-state index in [0.717, 1.165) is 0 Å². The minimum Gasteiger partial charge on any atom is -0.480 e. The third-order valence-corrected chi connectivity index (χ3v) is 3.90. The van der Waals surface area contributed by atoms with Crippen LogP contribution in [-0.4, -0.2) is 65.3 Å². The van der Waals surface area contributed by atoms with E-state index < -0.39 is 47.9 Å². The van der Waals surface area contributed by atoms with Crippen molar-refractivity contribution in [3.8, 4) is 0 Å². The van der Waals surface area contributed by atoms with Gasteiger partial charge in [0.15, 0.2) is 0 Å². The van der Waals surface area contributed by atoms with E-state index in [2.05, 4.69) is 28.6 Å². The van der Waals surface area contributed by atoms with Crippen LogP contribution in [0.1, 0.15) is 33.1 Å². The summed E-state index contributed by atoms with van der Waals surface area (Å²) in [4.78, 5) is 47.2. The van der Waals surface area contributed by atoms with Crippen molar-refractivity contribution in [1.29, 1.82) is 0 Å². The fourth-order valence-electron chi connectivity index (χ4n) is 1.91. The molecule has 0 aliphatic heterocycles. The Labute approximate surface area is 158 Å². The molecule has 150 valence electrons. The van der Waals surface area contributed by atoms with Crippen LogP contribution in [0.5, 0.6) is 0 Å². The van der Waals surface area contributed by atoms with Crippen LogP contribution in [0, 0.1) is 0 Å². The SMILES string of the molecule is CC(N)C(=O)NC(CCCCN)C(=O)NC(CS)C(=O)NC(C)C(=O)O. The monoisotopic (exact) mass is 391 g/mol. The van der Waals surface area contributed by atoms with Crippen molar-refractivity contribution in [1.82, 2.24) is 16.0 Å². The molecule has 0 aliphatic carbocycles. The summed E-state index contributed by atoms with van der Waals surface area (Å²) in [5.74, 6) is -2.99. The molecular formula is C15H29N5O5S. The van der Waals surface area contributed by atoms with Crippen LogP contribution >= 0.6 is 12.6 Å². The number of aliphatic carboxylic acids is 1. The van der Waals surface area contributed by atoms with Gasteiger partial charge in [-0.1, -0.05) is 0 Å². The predicted molar refractivity (Wildman–Crippen MR) is 99.5 cm³/mol. The zero-order chi connectivity index (χ0) is 20.3. The van der Waals surface area contributed by atoms with E-state index in [-0.39, 0.29) is 5.75 Å². The Balaban J connectivity index is 4.96. The van der Waals surface area contributed by atoms with Crippen LogP contribution in [0.2, 0.25) is 0 Å². The largest absolute Gasteiger partial charge is 0.480 e. The first-order valence-corrected chi connectivity index (χ1v) is 8.97. The maximum Gasteiger partial charge on any atom is 0.325 e. The molecule has 4 unspecified atom stereocenters. The van der Waals surface area contributed by atoms with E-state index in [1.807, 2.05) is 0 Å². The van der Waals surface area contributed by atoms with Crippen LogP contribution in [-0.2, 0) is 19.2 Å². The molecule has 0 aliphatic rings. The molecular weight excluding hydrogens is 362 g/mol. The Bertz CT molecular complexity index is 503. The van der Waals surface area contributed by atoms with Gasteiger partial charge in [-0.15, -0.1) is 0 Å². The highest BCUT2D eigenvalue weighted by Crippen LogP contribution is 2.03. The third-order valence-electron chi connectivity index (χ3n) is 3.54. The van der Waals surface area contributed by atoms with Gasteiger partial charge in [-0.2, -0.15) is 12.6 Å². The molecule has 0 saturated carbocycles. The summed E-state index contributed by atoms with van der Waals surface area (Å²) in [5.41, 5.74) is 10.9. The molecule has 0 aromatic heterocycles. The molecule has 11 heteroatoms. The number of carbonyl (C=O) groups is 4. The zero-order valence-corrected chi connectivity index (χ0v) is 15.9. The third kappa shape index (κ3) is 9.02. The lowest BCUT2D eigenvalue weighted by Gasteiger charge is -2.23. The molecule has 0 aromatic rings. The van der Waals surface area contributed by atoms with Gasteiger partial charge in [0.05, 0.1) is 6.04 Å². The molecule has 4 atom stereocenters. The van der Waals surface area contributed by atoms with Gasteiger partial charge in [0.25, 0.3) is 0 Å². The van der Waals surface area contributed by atoms with E-state index in [1.165, 1.54) is 13.8 Å². The van der Waals surface area contributed by atoms with Gasteiger partial charge in [0.2, 0.25) is 17.7 Å². The maximum atomic E-state index is 12.5. The second-order valence-electron chi connectivity index (χ2n) is 5.95. The normalized spacial score (nSPS) is 15.3. The van der Waals surface area contributed by atoms with Crippen LogP contribution in [0.25, 0.3) is 0 Å². The summed E-state index contributed by atoms with van der Waals surface area (Å²) in [5, 5.41) is 16.1. The Kier molecular flexibility index (Phi) is 11.6. The first-order chi connectivity index (χ1) is 12.1. The van der Waals surface area contributed by atoms with Gasteiger partial charge in [0, 0.05) is 5.75 Å². The fourth-order valence-corrected chi connectivity index (χ4v) is 2.16. The summed E-state index contributed by atoms with van der Waals surface area (Å²) in [6, 6.07) is -3.83. The van der Waals surface area contributed by atoms with Gasteiger partial charge in [0.1, 0.15) is 18.1 Å². The van der Waals surface area contributed by atoms with Crippen molar-refractivity contribution < 1.29 is 24.3 Å². The van der Waals surface area contributed by atoms with Crippen LogP contribution in [0.4, 0.5) is 0 Å². The van der Waals surface area contributed by atoms with Crippen molar-refractivity contribution in [2.45, 2.75) is 57.3 Å². The Morgan fingerprint density at radius 3 is 1.96 bits per heavy atom. The van der Waals surface area contributed by atoms with Crippen molar-refractivity contribution in [2.24, 2.45) is 11.5 Å². The van der Waals surface area contributed by atoms with Crippen molar-refractivity contribution in [3.63, 3.8) is 0 Å². The number of carboxylic acids is 1. The first kappa shape index (κ1) is 24.1. The number of rotatable bonds is 12. The minimum atomic E-state index is -1.20. The number of hydrogen-bond acceptors (Lipinski definition) is 7. The number of thiol groups is 1. The van der Waals surface area contributed by atoms with Gasteiger partial charge in [-0.25, -0.2) is 0 Å². The summed E-state index contributed by atoms with van der Waals surface area (Å²) in [6.07, 6.45) is 1.60. The number of nitrogens with two attached hydrogens (primary N) is 2. The summed E-state index contributed by atoms with van der Waals surface area (Å²) in [6.45, 7) is 3.24. The average molecular weight is 391 g/mol. The standard InChI is InChI=1S/C15H29N5O5S/c1-8(17)12(21)19-10(5-3-4-6-16)13(22)20-11(7-26)14(23)18-9(2)15(24)25/h8-11,26H,3-7,16-17H2,1-2H3,(H,18,23)(H,19,21)(H,20,22)(H,24,25). The lowest BCUT2D eigenvalue weighted by molar-refractivity contribution is -0.141. The summed E-state index contributed by atoms with van der Waals surface area (Å²) in [7, 11) is 0. The lowest BCUT2D eigenvalue weighted by Crippen LogP contribution is -2.57. The first-order valence-electron chi connectivity index (χ1n) is 8.34. The molecule has 0 aromatic carbocycles. The Hall–Kier alpha value is -1.85. The summed E-state index contributed by atoms with van der Waals surface area (Å²) < 4.78 is 0. The number of carbonyl (C=O) groups excluding carboxylic acids is 3. The van der Waals surface area contributed by atoms with Gasteiger partial charge < -0.3 is 32.5 Å². The number of hydrogen-bond donors (Lipinski definition) is 7. The highest BCUT2D eigenvalue weighted by Gasteiger charge is 2.27. The van der Waals surface area contributed by atoms with Crippen molar-refractivity contribution in [3.05, 3.63) is 0 Å². The highest BCUT2D eigenvalue weighted by atomic mass is 32.1. The second-order valence-corrected chi connectivity index (χ2v) is 6.31. The average Bonchev–Trinajstić information content (AvgIpc) is 2.57. The molecule has 0 rings (SSSR count). The van der Waals surface area contributed by atoms with Gasteiger partial charge >= 0.3 is 5.97 Å². The highest BCUT2D eigenvalue weighted by molar-refractivity contribution is 7.80. The molecule has 0 heterocycles. The molecule has 0 radical (unpaired) electrons. The van der Waals surface area contributed by atoms with E-state index in [4.69, 9.17) is 16.6 Å². The smallest absolute Gasteiger partial charge is 0.325 e. The minimum absolute atomic E-state index is 0.0410. The lowest BCUT2D eigenvalue weighted by atomic mass is 10.1. The van der Waals surface area contributed by atoms with Crippen molar-refractivity contribution >= 4 is 36.3 Å². The van der Waals surface area contributed by atoms with Crippen molar-refractivity contribution in [2.75, 3.05) is 12.3 Å². The molecule has 3 amide bonds. The zero-order valence-electron chi connectivity index (χ0n) is 15.0. The molecule has 8 N–H and O–H groups in total. The molecule has 0 saturated heterocycles. The quantitative estimate of drug-likeness (QED) is 0.148. The van der Waals surface area contributed by atoms with Gasteiger partial charge in [-0.05, 0) is 39.7 Å². The Morgan fingerprint density at radius 2 is 1.50 bits per heavy atom. The fraction of sp³-hybridized carbons (Fsp3) is 0.733. The number of unbranched alkanes of at least 4 members (excludes halogenated alkanes) is 1. The van der Waals surface area contributed by atoms with E-state index in [0.29, 0.717) is 25.8 Å². The molecule has 10 nitrogen and oxygen atoms in total. The summed E-state index contributed by atoms with van der Waals surface area (Å²) >= 11 is 4.01. The molecule has 0 fully saturated rings. The maximum absolute atomic E-state index is 12.5. The van der Waals surface area contributed by atoms with Crippen LogP contribution < -0.4 is 27.4 Å². The number of amides is 3. The van der Waals surface area contributed by atoms with E-state index in [1.54, 1.807) is 0 Å². The van der Waals surface area contributed by atoms with Gasteiger partial charge in [-0.3, -0.25) is 19.2 Å². The molecule has 0 spiro atoms. The Morgan fingerprint density at radius 1 is 0.962 bits per heavy atom. The second kappa shape index (κ2) is 12.5. The predicted octanol–water partition coefficient (Wildman–Crippen LogP) is -2.05. The number of carboxylic acid groups (broad SMARTS) is 1. The number of nitrogens with one attached hydrogen (secondary N) is 3. The van der Waals surface area contributed by atoms with E-state index >= 15 is 0 Å². The molecule has 0 bridgehead atoms. The molecule has 26 heavy (non-hydrogen) atoms.